The van der Waals surface area contributed by atoms with E-state index >= 15 is 0 Å². The summed E-state index contributed by atoms with van der Waals surface area (Å²) in [5.74, 6) is 0.516. The number of fused-ring (bicyclic) bond motifs is 1. The number of aromatic nitrogens is 6. The topological polar surface area (TPSA) is 109 Å². The Bertz CT molecular complexity index is 1100. The van der Waals surface area contributed by atoms with E-state index in [0.29, 0.717) is 29.9 Å². The lowest BCUT2D eigenvalue weighted by Crippen LogP contribution is -2.37. The first kappa shape index (κ1) is 17.6. The molecule has 138 valence electrons. The van der Waals surface area contributed by atoms with E-state index < -0.39 is 11.2 Å². The molecule has 1 N–H and O–H groups in total. The molecular weight excluding hydrogens is 338 g/mol. The van der Waals surface area contributed by atoms with Crippen LogP contribution in [-0.2, 0) is 32.5 Å². The summed E-state index contributed by atoms with van der Waals surface area (Å²) in [5.41, 5.74) is 0.716. The number of amides is 1. The molecule has 0 saturated heterocycles. The molecule has 0 aromatic carbocycles. The number of carbonyl (C=O) groups is 1. The highest BCUT2D eigenvalue weighted by molar-refractivity contribution is 5.89. The average molecular weight is 359 g/mol. The van der Waals surface area contributed by atoms with Crippen molar-refractivity contribution in [2.24, 2.45) is 21.1 Å². The van der Waals surface area contributed by atoms with Gasteiger partial charge in [-0.05, 0) is 13.3 Å². The van der Waals surface area contributed by atoms with Crippen molar-refractivity contribution in [1.82, 2.24) is 28.5 Å². The quantitative estimate of drug-likeness (QED) is 0.684. The van der Waals surface area contributed by atoms with Gasteiger partial charge in [0.1, 0.15) is 5.82 Å². The van der Waals surface area contributed by atoms with E-state index in [-0.39, 0.29) is 12.3 Å². The van der Waals surface area contributed by atoms with Crippen LogP contribution in [0.15, 0.2) is 22.0 Å². The Morgan fingerprint density at radius 2 is 1.92 bits per heavy atom. The van der Waals surface area contributed by atoms with Crippen LogP contribution in [-0.4, -0.2) is 34.4 Å². The molecular formula is C16H21N7O3. The number of hydrogen-bond acceptors (Lipinski definition) is 5. The smallest absolute Gasteiger partial charge is 0.325 e. The molecule has 10 heteroatoms. The number of aryl methyl sites for hydroxylation is 4. The second-order valence-corrected chi connectivity index (χ2v) is 6.26. The van der Waals surface area contributed by atoms with E-state index in [4.69, 9.17) is 0 Å². The van der Waals surface area contributed by atoms with Gasteiger partial charge in [0.25, 0.3) is 5.56 Å². The molecule has 0 unspecified atom stereocenters. The van der Waals surface area contributed by atoms with Crippen LogP contribution in [0.3, 0.4) is 0 Å². The minimum absolute atomic E-state index is 0.127. The monoisotopic (exact) mass is 359 g/mol. The van der Waals surface area contributed by atoms with Gasteiger partial charge in [0.2, 0.25) is 5.91 Å². The third-order valence-corrected chi connectivity index (χ3v) is 4.29. The Kier molecular flexibility index (Phi) is 4.49. The van der Waals surface area contributed by atoms with Crippen molar-refractivity contribution >= 4 is 22.9 Å². The van der Waals surface area contributed by atoms with Gasteiger partial charge in [-0.3, -0.25) is 23.4 Å². The fraction of sp³-hybridized carbons (Fsp3) is 0.438. The molecule has 3 aromatic heterocycles. The van der Waals surface area contributed by atoms with Gasteiger partial charge in [-0.15, -0.1) is 0 Å². The number of rotatable bonds is 5. The second-order valence-electron chi connectivity index (χ2n) is 6.26. The molecule has 0 radical (unpaired) electrons. The van der Waals surface area contributed by atoms with Crippen molar-refractivity contribution in [3.63, 3.8) is 0 Å². The van der Waals surface area contributed by atoms with Crippen LogP contribution < -0.4 is 16.6 Å². The van der Waals surface area contributed by atoms with Gasteiger partial charge in [0.15, 0.2) is 11.2 Å². The predicted molar refractivity (Wildman–Crippen MR) is 96.0 cm³/mol. The molecule has 1 amide bonds. The summed E-state index contributed by atoms with van der Waals surface area (Å²) >= 11 is 0. The molecule has 0 fully saturated rings. The summed E-state index contributed by atoms with van der Waals surface area (Å²) in [7, 11) is 4.77. The van der Waals surface area contributed by atoms with Gasteiger partial charge in [-0.2, -0.15) is 5.10 Å². The molecule has 0 saturated carbocycles. The first-order valence-electron chi connectivity index (χ1n) is 8.21. The summed E-state index contributed by atoms with van der Waals surface area (Å²) in [6.07, 6.45) is 2.34. The molecule has 10 nitrogen and oxygen atoms in total. The summed E-state index contributed by atoms with van der Waals surface area (Å²) in [6.45, 7) is 2.30. The van der Waals surface area contributed by atoms with Crippen LogP contribution in [0.25, 0.3) is 11.2 Å². The Labute approximate surface area is 148 Å². The summed E-state index contributed by atoms with van der Waals surface area (Å²) < 4.78 is 5.68. The third-order valence-electron chi connectivity index (χ3n) is 4.29. The predicted octanol–water partition coefficient (Wildman–Crippen LogP) is -0.105. The molecule has 0 aliphatic heterocycles. The lowest BCUT2D eigenvalue weighted by Gasteiger charge is -2.07. The van der Waals surface area contributed by atoms with Crippen molar-refractivity contribution in [2.75, 3.05) is 5.32 Å². The van der Waals surface area contributed by atoms with Crippen LogP contribution in [0.4, 0.5) is 5.82 Å². The molecule has 0 atom stereocenters. The van der Waals surface area contributed by atoms with Gasteiger partial charge in [0, 0.05) is 40.2 Å². The van der Waals surface area contributed by atoms with Crippen LogP contribution in [0.1, 0.15) is 18.5 Å². The maximum atomic E-state index is 12.4. The molecule has 3 aromatic rings. The van der Waals surface area contributed by atoms with Crippen LogP contribution in [0.2, 0.25) is 0 Å². The van der Waals surface area contributed by atoms with Gasteiger partial charge >= 0.3 is 5.69 Å². The normalized spacial score (nSPS) is 11.2. The summed E-state index contributed by atoms with van der Waals surface area (Å²) in [6, 6.07) is 1.80. The first-order valence-corrected chi connectivity index (χ1v) is 8.21. The third kappa shape index (κ3) is 3.05. The Balaban J connectivity index is 1.71. The van der Waals surface area contributed by atoms with Crippen molar-refractivity contribution in [2.45, 2.75) is 26.3 Å². The fourth-order valence-corrected chi connectivity index (χ4v) is 2.91. The highest BCUT2D eigenvalue weighted by atomic mass is 16.2. The van der Waals surface area contributed by atoms with Crippen molar-refractivity contribution in [3.8, 4) is 0 Å². The zero-order chi connectivity index (χ0) is 19.0. The number of carbonyl (C=O) groups excluding carboxylic acids is 1. The highest BCUT2D eigenvalue weighted by Crippen LogP contribution is 2.10. The molecule has 3 heterocycles. The maximum Gasteiger partial charge on any atom is 0.332 e. The van der Waals surface area contributed by atoms with E-state index in [1.165, 1.54) is 17.9 Å². The summed E-state index contributed by atoms with van der Waals surface area (Å²) in [4.78, 5) is 40.6. The van der Waals surface area contributed by atoms with Gasteiger partial charge < -0.3 is 9.88 Å². The number of hydrogen-bond donors (Lipinski definition) is 1. The van der Waals surface area contributed by atoms with Crippen LogP contribution >= 0.6 is 0 Å². The Morgan fingerprint density at radius 3 is 2.58 bits per heavy atom. The van der Waals surface area contributed by atoms with Gasteiger partial charge in [-0.25, -0.2) is 9.78 Å². The zero-order valence-corrected chi connectivity index (χ0v) is 15.2. The number of anilines is 1. The number of nitrogens with zero attached hydrogens (tertiary/aromatic N) is 6. The molecule has 3 rings (SSSR count). The lowest BCUT2D eigenvalue weighted by molar-refractivity contribution is -0.116. The molecule has 26 heavy (non-hydrogen) atoms. The lowest BCUT2D eigenvalue weighted by atomic mass is 10.3. The van der Waals surface area contributed by atoms with E-state index in [1.807, 2.05) is 6.92 Å². The number of imidazole rings is 1. The van der Waals surface area contributed by atoms with E-state index in [9.17, 15) is 14.4 Å². The number of nitrogens with one attached hydrogen (secondary N) is 1. The zero-order valence-electron chi connectivity index (χ0n) is 15.2. The molecule has 0 aliphatic rings. The van der Waals surface area contributed by atoms with E-state index in [0.717, 1.165) is 10.3 Å². The fourth-order valence-electron chi connectivity index (χ4n) is 2.91. The SMILES string of the molecule is Cc1cc(NC(=O)CCCn2cnc3c2c(=O)n(C)c(=O)n3C)n(C)n1. The van der Waals surface area contributed by atoms with E-state index in [2.05, 4.69) is 15.4 Å². The van der Waals surface area contributed by atoms with Crippen LogP contribution in [0.5, 0.6) is 0 Å². The second kappa shape index (κ2) is 6.62. The van der Waals surface area contributed by atoms with Crippen molar-refractivity contribution in [1.29, 1.82) is 0 Å². The minimum Gasteiger partial charge on any atom is -0.325 e. The minimum atomic E-state index is -0.418. The standard InChI is InChI=1S/C16H21N7O3/c1-10-8-11(22(4)19-10)18-12(24)6-5-7-23-9-17-14-13(23)15(25)21(3)16(26)20(14)2/h8-9H,5-7H2,1-4H3,(H,18,24). The molecule has 0 spiro atoms. The average Bonchev–Trinajstić information content (AvgIpc) is 3.14. The van der Waals surface area contributed by atoms with Gasteiger partial charge in [0.05, 0.1) is 12.0 Å². The Morgan fingerprint density at radius 1 is 1.19 bits per heavy atom. The van der Waals surface area contributed by atoms with Crippen LogP contribution in [0, 0.1) is 6.92 Å². The largest absolute Gasteiger partial charge is 0.332 e. The Hall–Kier alpha value is -3.17. The van der Waals surface area contributed by atoms with Crippen molar-refractivity contribution in [3.05, 3.63) is 38.9 Å². The highest BCUT2D eigenvalue weighted by Gasteiger charge is 2.14. The van der Waals surface area contributed by atoms with Crippen molar-refractivity contribution < 1.29 is 4.79 Å². The molecule has 0 bridgehead atoms. The van der Waals surface area contributed by atoms with E-state index in [1.54, 1.807) is 29.4 Å². The first-order chi connectivity index (χ1) is 12.3. The molecule has 0 aliphatic carbocycles. The summed E-state index contributed by atoms with van der Waals surface area (Å²) in [5, 5.41) is 6.99. The maximum absolute atomic E-state index is 12.4. The van der Waals surface area contributed by atoms with Gasteiger partial charge in [-0.1, -0.05) is 0 Å².